The Morgan fingerprint density at radius 1 is 0.949 bits per heavy atom. The van der Waals surface area contributed by atoms with E-state index in [0.29, 0.717) is 0 Å². The molecule has 0 bridgehead atoms. The zero-order valence-electron chi connectivity index (χ0n) is 21.6. The van der Waals surface area contributed by atoms with Crippen LogP contribution in [-0.2, 0) is 23.7 Å². The van der Waals surface area contributed by atoms with Crippen molar-refractivity contribution in [3.63, 3.8) is 0 Å². The van der Waals surface area contributed by atoms with Crippen molar-refractivity contribution in [1.29, 1.82) is 5.41 Å². The van der Waals surface area contributed by atoms with Gasteiger partial charge in [-0.15, -0.1) is 0 Å². The van der Waals surface area contributed by atoms with Crippen molar-refractivity contribution in [1.82, 2.24) is 10.6 Å². The maximum Gasteiger partial charge on any atom is 0.187 e. The largest absolute Gasteiger partial charge is 0.394 e. The molecule has 15 N–H and O–H groups in total. The Morgan fingerprint density at radius 3 is 2.31 bits per heavy atom. The molecule has 0 aromatic carbocycles. The fourth-order valence-electron chi connectivity index (χ4n) is 5.71. The summed E-state index contributed by atoms with van der Waals surface area (Å²) >= 11 is 0. The summed E-state index contributed by atoms with van der Waals surface area (Å²) in [5, 5.41) is 54.5. The second-order valence-corrected chi connectivity index (χ2v) is 10.6. The smallest absolute Gasteiger partial charge is 0.187 e. The van der Waals surface area contributed by atoms with E-state index in [1.54, 1.807) is 7.05 Å². The number of likely N-dealkylation sites (N-methyl/N-ethyl adjacent to an activating group) is 1. The average molecular weight is 568 g/mol. The Bertz CT molecular complexity index is 837. The first-order valence-electron chi connectivity index (χ1n) is 13.1. The molecular weight excluding hydrogens is 525 g/mol. The molecule has 4 rings (SSSR count). The van der Waals surface area contributed by atoms with E-state index < -0.39 is 105 Å². The average Bonchev–Trinajstić information content (AvgIpc) is 2.87. The number of aliphatic hydroxyl groups excluding tert-OH is 4. The SMILES string of the molecule is CNC1C(O[C@H]2OC(CO)[C@@H](NC(=N)N)CC2O)O[C@H]2CC(N)[C@@H](O[C@H]3C(N)C[C@@H](N)C(O)C3F)OC2C1O. The van der Waals surface area contributed by atoms with Crippen molar-refractivity contribution in [2.45, 2.75) is 117 Å². The first kappa shape index (κ1) is 30.6. The van der Waals surface area contributed by atoms with Crippen molar-refractivity contribution in [3.05, 3.63) is 0 Å². The number of halogens is 1. The maximum absolute atomic E-state index is 14.8. The van der Waals surface area contributed by atoms with Gasteiger partial charge < -0.3 is 77.7 Å². The van der Waals surface area contributed by atoms with E-state index >= 15 is 0 Å². The van der Waals surface area contributed by atoms with Gasteiger partial charge in [0.1, 0.15) is 36.6 Å². The summed E-state index contributed by atoms with van der Waals surface area (Å²) in [4.78, 5) is 0. The summed E-state index contributed by atoms with van der Waals surface area (Å²) in [6.45, 7) is -0.427. The molecule has 0 aromatic rings. The molecule has 0 radical (unpaired) electrons. The molecule has 0 amide bonds. The standard InChI is InChI=1S/C22H42FN7O9/c1-29-14-16(34)18-11(3-8(26)19(38-18)37-17-7(25)2-6(24)15(33)13(17)23)35-21(14)39-20-10(32)4-9(30-22(27)28)12(5-31)36-20/h6-21,29,31-34H,2-5,24-26H2,1H3,(H4,27,28,30)/t6-,7?,8?,9+,10?,11+,12?,13?,14?,15?,16?,17+,18?,19+,20-,21?/m1/s1. The van der Waals surface area contributed by atoms with E-state index in [4.69, 9.17) is 52.0 Å². The lowest BCUT2D eigenvalue weighted by atomic mass is 9.85. The third-order valence-corrected chi connectivity index (χ3v) is 7.84. The van der Waals surface area contributed by atoms with Crippen LogP contribution in [0.2, 0.25) is 0 Å². The Hall–Kier alpha value is -1.32. The Balaban J connectivity index is 1.41. The highest BCUT2D eigenvalue weighted by atomic mass is 19.1. The van der Waals surface area contributed by atoms with Gasteiger partial charge in [-0.1, -0.05) is 0 Å². The minimum atomic E-state index is -1.84. The normalized spacial score (nSPS) is 50.7. The molecule has 16 nitrogen and oxygen atoms in total. The molecule has 4 aliphatic rings. The van der Waals surface area contributed by atoms with Crippen molar-refractivity contribution >= 4 is 5.96 Å². The van der Waals surface area contributed by atoms with Gasteiger partial charge in [0.25, 0.3) is 0 Å². The molecular formula is C22H42FN7O9. The van der Waals surface area contributed by atoms with Crippen LogP contribution in [0.4, 0.5) is 4.39 Å². The molecule has 0 spiro atoms. The van der Waals surface area contributed by atoms with Gasteiger partial charge in [0.2, 0.25) is 0 Å². The predicted molar refractivity (Wildman–Crippen MR) is 131 cm³/mol. The van der Waals surface area contributed by atoms with Gasteiger partial charge in [-0.3, -0.25) is 5.41 Å². The molecule has 39 heavy (non-hydrogen) atoms. The fourth-order valence-corrected chi connectivity index (χ4v) is 5.71. The van der Waals surface area contributed by atoms with Crippen LogP contribution in [-0.4, -0.2) is 138 Å². The number of alkyl halides is 1. The third kappa shape index (κ3) is 6.45. The van der Waals surface area contributed by atoms with E-state index in [1.807, 2.05) is 0 Å². The van der Waals surface area contributed by atoms with Crippen molar-refractivity contribution in [2.24, 2.45) is 22.9 Å². The number of hydrogen-bond acceptors (Lipinski definition) is 14. The first-order chi connectivity index (χ1) is 18.4. The summed E-state index contributed by atoms with van der Waals surface area (Å²) in [5.74, 6) is -0.336. The minimum absolute atomic E-state index is 0.0620. The van der Waals surface area contributed by atoms with Gasteiger partial charge in [0, 0.05) is 18.5 Å². The number of nitrogens with two attached hydrogens (primary N) is 4. The second-order valence-electron chi connectivity index (χ2n) is 10.6. The molecule has 3 saturated heterocycles. The van der Waals surface area contributed by atoms with E-state index in [9.17, 15) is 24.8 Å². The van der Waals surface area contributed by atoms with Crippen LogP contribution in [0.5, 0.6) is 0 Å². The second kappa shape index (κ2) is 12.7. The number of rotatable bonds is 7. The number of nitrogens with one attached hydrogen (secondary N) is 3. The Labute approximate surface area is 224 Å². The predicted octanol–water partition coefficient (Wildman–Crippen LogP) is -5.42. The fraction of sp³-hybridized carbons (Fsp3) is 0.955. The number of fused-ring (bicyclic) bond motifs is 1. The van der Waals surface area contributed by atoms with Gasteiger partial charge >= 0.3 is 0 Å². The van der Waals surface area contributed by atoms with E-state index in [0.717, 1.165) is 0 Å². The molecule has 17 heteroatoms. The highest BCUT2D eigenvalue weighted by molar-refractivity contribution is 5.74. The van der Waals surface area contributed by atoms with Gasteiger partial charge in [-0.05, 0) is 19.9 Å². The summed E-state index contributed by atoms with van der Waals surface area (Å²) in [6, 6.07) is -3.89. The molecule has 4 fully saturated rings. The van der Waals surface area contributed by atoms with Crippen molar-refractivity contribution in [3.8, 4) is 0 Å². The van der Waals surface area contributed by atoms with Crippen LogP contribution in [0.3, 0.4) is 0 Å². The highest BCUT2D eigenvalue weighted by Crippen LogP contribution is 2.35. The minimum Gasteiger partial charge on any atom is -0.394 e. The van der Waals surface area contributed by atoms with Gasteiger partial charge in [0.15, 0.2) is 31.0 Å². The van der Waals surface area contributed by atoms with E-state index in [-0.39, 0.29) is 25.2 Å². The summed E-state index contributed by atoms with van der Waals surface area (Å²) < 4.78 is 44.2. The number of aliphatic hydroxyl groups is 4. The molecule has 0 aromatic heterocycles. The molecule has 1 aliphatic carbocycles. The lowest BCUT2D eigenvalue weighted by Gasteiger charge is -2.51. The number of ether oxygens (including phenoxy) is 5. The van der Waals surface area contributed by atoms with Crippen LogP contribution >= 0.6 is 0 Å². The lowest BCUT2D eigenvalue weighted by molar-refractivity contribution is -0.367. The van der Waals surface area contributed by atoms with Crippen LogP contribution in [0.25, 0.3) is 0 Å². The molecule has 16 atom stereocenters. The maximum atomic E-state index is 14.8. The van der Waals surface area contributed by atoms with Crippen LogP contribution in [0.15, 0.2) is 0 Å². The Morgan fingerprint density at radius 2 is 1.67 bits per heavy atom. The zero-order valence-corrected chi connectivity index (χ0v) is 21.6. The van der Waals surface area contributed by atoms with E-state index in [2.05, 4.69) is 10.6 Å². The summed E-state index contributed by atoms with van der Waals surface area (Å²) in [6.07, 6.45) is -12.6. The first-order valence-corrected chi connectivity index (χ1v) is 13.1. The van der Waals surface area contributed by atoms with E-state index in [1.165, 1.54) is 0 Å². The van der Waals surface area contributed by atoms with Crippen LogP contribution in [0, 0.1) is 5.41 Å². The van der Waals surface area contributed by atoms with Gasteiger partial charge in [-0.2, -0.15) is 0 Å². The molecule has 1 saturated carbocycles. The monoisotopic (exact) mass is 567 g/mol. The summed E-state index contributed by atoms with van der Waals surface area (Å²) in [5.41, 5.74) is 23.4. The molecule has 10 unspecified atom stereocenters. The topological polar surface area (TPSA) is 279 Å². The molecule has 226 valence electrons. The Kier molecular flexibility index (Phi) is 9.96. The zero-order chi connectivity index (χ0) is 28.6. The van der Waals surface area contributed by atoms with Gasteiger partial charge in [0.05, 0.1) is 30.8 Å². The lowest BCUT2D eigenvalue weighted by Crippen LogP contribution is -2.69. The number of guanidine groups is 1. The van der Waals surface area contributed by atoms with Crippen LogP contribution in [0.1, 0.15) is 19.3 Å². The summed E-state index contributed by atoms with van der Waals surface area (Å²) in [7, 11) is 1.57. The van der Waals surface area contributed by atoms with Crippen molar-refractivity contribution in [2.75, 3.05) is 13.7 Å². The molecule has 3 aliphatic heterocycles. The van der Waals surface area contributed by atoms with Crippen LogP contribution < -0.4 is 33.6 Å². The third-order valence-electron chi connectivity index (χ3n) is 7.84. The highest BCUT2D eigenvalue weighted by Gasteiger charge is 2.53. The van der Waals surface area contributed by atoms with Crippen molar-refractivity contribution < 1.29 is 48.5 Å². The number of hydrogen-bond donors (Lipinski definition) is 11. The molecule has 3 heterocycles. The quantitative estimate of drug-likeness (QED) is 0.101. The van der Waals surface area contributed by atoms with Gasteiger partial charge in [-0.25, -0.2) is 4.39 Å².